The number of hydrogen-bond acceptors (Lipinski definition) is 1. The SMILES string of the molecule is IC1=C=NC=c2ccccc2=C1I. The zero-order valence-electron chi connectivity index (χ0n) is 6.59. The first kappa shape index (κ1) is 9.43. The summed E-state index contributed by atoms with van der Waals surface area (Å²) in [6.07, 6.45) is 1.85. The van der Waals surface area contributed by atoms with E-state index in [9.17, 15) is 0 Å². The summed E-state index contributed by atoms with van der Waals surface area (Å²) < 4.78 is 2.28. The molecule has 1 aromatic rings. The molecular formula is C10H5I2N. The van der Waals surface area contributed by atoms with Crippen LogP contribution in [0.5, 0.6) is 0 Å². The fraction of sp³-hybridized carbons (Fsp3) is 0. The van der Waals surface area contributed by atoms with Crippen LogP contribution in [0.4, 0.5) is 0 Å². The fourth-order valence-corrected chi connectivity index (χ4v) is 2.18. The van der Waals surface area contributed by atoms with Gasteiger partial charge < -0.3 is 0 Å². The van der Waals surface area contributed by atoms with Crippen LogP contribution < -0.4 is 10.4 Å². The van der Waals surface area contributed by atoms with E-state index >= 15 is 0 Å². The first-order chi connectivity index (χ1) is 6.29. The van der Waals surface area contributed by atoms with Gasteiger partial charge in [-0.25, -0.2) is 4.99 Å². The Balaban J connectivity index is 2.97. The molecule has 0 aliphatic carbocycles. The van der Waals surface area contributed by atoms with Gasteiger partial charge in [-0.2, -0.15) is 0 Å². The van der Waals surface area contributed by atoms with Gasteiger partial charge in [-0.3, -0.25) is 0 Å². The molecule has 0 saturated carbocycles. The van der Waals surface area contributed by atoms with Gasteiger partial charge in [-0.1, -0.05) is 24.3 Å². The summed E-state index contributed by atoms with van der Waals surface area (Å²) >= 11 is 4.58. The van der Waals surface area contributed by atoms with Crippen LogP contribution >= 0.6 is 45.2 Å². The predicted molar refractivity (Wildman–Crippen MR) is 72.6 cm³/mol. The number of benzene rings is 1. The molecule has 0 atom stereocenters. The standard InChI is InChI=1S/C10H5I2N/c11-9-6-13-5-7-3-1-2-4-8(7)10(9)12/h1-5H. The topological polar surface area (TPSA) is 12.4 Å². The minimum absolute atomic E-state index is 1.07. The third-order valence-corrected chi connectivity index (χ3v) is 4.69. The molecule has 1 aromatic carbocycles. The molecule has 0 amide bonds. The van der Waals surface area contributed by atoms with E-state index in [2.05, 4.69) is 68.2 Å². The minimum Gasteiger partial charge on any atom is -0.212 e. The molecule has 0 bridgehead atoms. The average molecular weight is 393 g/mol. The average Bonchev–Trinajstić information content (AvgIpc) is 2.29. The summed E-state index contributed by atoms with van der Waals surface area (Å²) in [6.45, 7) is 0. The van der Waals surface area contributed by atoms with Crippen molar-refractivity contribution in [1.82, 2.24) is 0 Å². The van der Waals surface area contributed by atoms with Crippen LogP contribution in [0.1, 0.15) is 0 Å². The van der Waals surface area contributed by atoms with Gasteiger partial charge in [-0.15, -0.1) is 0 Å². The predicted octanol–water partition coefficient (Wildman–Crippen LogP) is 1.97. The molecular weight excluding hydrogens is 388 g/mol. The van der Waals surface area contributed by atoms with Gasteiger partial charge in [0.25, 0.3) is 0 Å². The second-order valence-corrected chi connectivity index (χ2v) is 4.74. The number of nitrogens with zero attached hydrogens (tertiary/aromatic N) is 1. The van der Waals surface area contributed by atoms with Gasteiger partial charge in [0.1, 0.15) is 0 Å². The Labute approximate surface area is 103 Å². The van der Waals surface area contributed by atoms with Crippen molar-refractivity contribution in [2.75, 3.05) is 0 Å². The number of allylic oxidation sites excluding steroid dienone is 1. The van der Waals surface area contributed by atoms with Gasteiger partial charge in [0.2, 0.25) is 0 Å². The lowest BCUT2D eigenvalue weighted by molar-refractivity contribution is 1.50. The van der Waals surface area contributed by atoms with E-state index in [-0.39, 0.29) is 0 Å². The summed E-state index contributed by atoms with van der Waals surface area (Å²) in [7, 11) is 0. The van der Waals surface area contributed by atoms with E-state index in [1.165, 1.54) is 8.80 Å². The van der Waals surface area contributed by atoms with Gasteiger partial charge in [-0.05, 0) is 50.4 Å². The van der Waals surface area contributed by atoms with Crippen molar-refractivity contribution in [3.05, 3.63) is 38.3 Å². The molecule has 1 aliphatic rings. The number of aliphatic imine (C=N–C) groups is 1. The molecule has 0 unspecified atom stereocenters. The van der Waals surface area contributed by atoms with E-state index in [0.717, 1.165) is 8.80 Å². The molecule has 0 N–H and O–H groups in total. The van der Waals surface area contributed by atoms with Crippen molar-refractivity contribution < 1.29 is 0 Å². The van der Waals surface area contributed by atoms with Crippen LogP contribution in [0, 0.1) is 0 Å². The highest BCUT2D eigenvalue weighted by atomic mass is 127. The van der Waals surface area contributed by atoms with E-state index in [1.807, 2.05) is 18.3 Å². The van der Waals surface area contributed by atoms with Crippen molar-refractivity contribution in [2.45, 2.75) is 0 Å². The second kappa shape index (κ2) is 3.94. The lowest BCUT2D eigenvalue weighted by Crippen LogP contribution is -2.24. The zero-order chi connectivity index (χ0) is 9.26. The molecule has 0 saturated heterocycles. The fourth-order valence-electron chi connectivity index (χ4n) is 1.14. The Morgan fingerprint density at radius 3 is 2.77 bits per heavy atom. The molecule has 0 fully saturated rings. The highest BCUT2D eigenvalue weighted by Crippen LogP contribution is 2.21. The van der Waals surface area contributed by atoms with Crippen LogP contribution in [-0.4, -0.2) is 5.87 Å². The number of hydrogen-bond donors (Lipinski definition) is 0. The van der Waals surface area contributed by atoms with Crippen molar-refractivity contribution in [3.63, 3.8) is 0 Å². The lowest BCUT2D eigenvalue weighted by atomic mass is 10.2. The van der Waals surface area contributed by atoms with Crippen molar-refractivity contribution >= 4 is 60.8 Å². The molecule has 0 radical (unpaired) electrons. The quantitative estimate of drug-likeness (QED) is 0.599. The highest BCUT2D eigenvalue weighted by Gasteiger charge is 2.00. The summed E-state index contributed by atoms with van der Waals surface area (Å²) in [4.78, 5) is 4.10. The van der Waals surface area contributed by atoms with Gasteiger partial charge in [0, 0.05) is 20.9 Å². The molecule has 0 spiro atoms. The Hall–Kier alpha value is -0.130. The number of rotatable bonds is 0. The summed E-state index contributed by atoms with van der Waals surface area (Å²) in [5, 5.41) is 2.40. The lowest BCUT2D eigenvalue weighted by Gasteiger charge is -1.92. The Morgan fingerprint density at radius 1 is 1.15 bits per heavy atom. The Bertz CT molecular complexity index is 522. The minimum atomic E-state index is 1.07. The van der Waals surface area contributed by atoms with Crippen LogP contribution in [0.25, 0.3) is 9.78 Å². The molecule has 1 heterocycles. The van der Waals surface area contributed by atoms with Crippen molar-refractivity contribution in [3.8, 4) is 0 Å². The van der Waals surface area contributed by atoms with Gasteiger partial charge in [0.05, 0.1) is 3.58 Å². The largest absolute Gasteiger partial charge is 0.212 e. The Kier molecular flexibility index (Phi) is 2.86. The number of fused-ring (bicyclic) bond motifs is 1. The van der Waals surface area contributed by atoms with E-state index in [1.54, 1.807) is 0 Å². The number of halogens is 2. The molecule has 13 heavy (non-hydrogen) atoms. The molecule has 0 aromatic heterocycles. The third-order valence-electron chi connectivity index (χ3n) is 1.76. The first-order valence-corrected chi connectivity index (χ1v) is 5.88. The van der Waals surface area contributed by atoms with Crippen LogP contribution in [0.3, 0.4) is 0 Å². The monoisotopic (exact) mass is 393 g/mol. The zero-order valence-corrected chi connectivity index (χ0v) is 10.9. The normalized spacial score (nSPS) is 14.3. The maximum absolute atomic E-state index is 4.10. The second-order valence-electron chi connectivity index (χ2n) is 2.59. The van der Waals surface area contributed by atoms with E-state index < -0.39 is 0 Å². The summed E-state index contributed by atoms with van der Waals surface area (Å²) in [5.74, 6) is 2.97. The highest BCUT2D eigenvalue weighted by molar-refractivity contribution is 14.1. The van der Waals surface area contributed by atoms with E-state index in [0.29, 0.717) is 0 Å². The van der Waals surface area contributed by atoms with Crippen molar-refractivity contribution in [1.29, 1.82) is 0 Å². The molecule has 3 heteroatoms. The molecule has 1 aliphatic heterocycles. The molecule has 2 rings (SSSR count). The van der Waals surface area contributed by atoms with E-state index in [4.69, 9.17) is 0 Å². The smallest absolute Gasteiger partial charge is 0.0883 e. The first-order valence-electron chi connectivity index (χ1n) is 3.73. The summed E-state index contributed by atoms with van der Waals surface area (Å²) in [6, 6.07) is 8.23. The third kappa shape index (κ3) is 1.87. The van der Waals surface area contributed by atoms with Crippen LogP contribution in [-0.2, 0) is 0 Å². The maximum Gasteiger partial charge on any atom is 0.0883 e. The van der Waals surface area contributed by atoms with Crippen molar-refractivity contribution in [2.24, 2.45) is 4.99 Å². The summed E-state index contributed by atoms with van der Waals surface area (Å²) in [5.41, 5.74) is 0. The Morgan fingerprint density at radius 2 is 1.92 bits per heavy atom. The van der Waals surface area contributed by atoms with Gasteiger partial charge >= 0.3 is 0 Å². The molecule has 64 valence electrons. The van der Waals surface area contributed by atoms with Crippen LogP contribution in [0.2, 0.25) is 0 Å². The molecule has 1 nitrogen and oxygen atoms in total. The maximum atomic E-state index is 4.10. The van der Waals surface area contributed by atoms with Crippen LogP contribution in [0.15, 0.2) is 32.8 Å². The van der Waals surface area contributed by atoms with Gasteiger partial charge in [0.15, 0.2) is 0 Å².